The summed E-state index contributed by atoms with van der Waals surface area (Å²) in [6.07, 6.45) is -1.06. The number of rotatable bonds is 6. The van der Waals surface area contributed by atoms with Crippen molar-refractivity contribution in [1.29, 1.82) is 0 Å². The summed E-state index contributed by atoms with van der Waals surface area (Å²) in [5.74, 6) is 1.25. The molecule has 194 valence electrons. The minimum absolute atomic E-state index is 0.0529. The second-order valence-corrected chi connectivity index (χ2v) is 11.3. The van der Waals surface area contributed by atoms with Crippen molar-refractivity contribution in [3.8, 4) is 5.69 Å². The molecule has 0 bridgehead atoms. The Morgan fingerprint density at radius 2 is 1.84 bits per heavy atom. The van der Waals surface area contributed by atoms with Gasteiger partial charge in [0.2, 0.25) is 5.91 Å². The molecular formula is C27H26F3N3O2S2. The molecule has 1 amide bonds. The van der Waals surface area contributed by atoms with E-state index in [1.807, 2.05) is 23.1 Å². The molecule has 0 spiro atoms. The van der Waals surface area contributed by atoms with Crippen LogP contribution < -0.4 is 5.56 Å². The van der Waals surface area contributed by atoms with Gasteiger partial charge in [-0.2, -0.15) is 13.2 Å². The highest BCUT2D eigenvalue weighted by Crippen LogP contribution is 2.33. The molecule has 2 aliphatic heterocycles. The maximum absolute atomic E-state index is 13.4. The number of hydrogen-bond acceptors (Lipinski definition) is 5. The number of benzene rings is 2. The molecule has 0 radical (unpaired) electrons. The average Bonchev–Trinajstić information content (AvgIpc) is 3.37. The van der Waals surface area contributed by atoms with Gasteiger partial charge >= 0.3 is 6.18 Å². The fraction of sp³-hybridized carbons (Fsp3) is 0.370. The molecule has 1 saturated heterocycles. The van der Waals surface area contributed by atoms with Crippen molar-refractivity contribution in [2.45, 2.75) is 41.9 Å². The smallest absolute Gasteiger partial charge is 0.342 e. The van der Waals surface area contributed by atoms with Crippen LogP contribution in [-0.2, 0) is 23.8 Å². The summed E-state index contributed by atoms with van der Waals surface area (Å²) in [5.41, 5.74) is 0.824. The monoisotopic (exact) mass is 545 g/mol. The molecule has 3 aromatic rings. The predicted octanol–water partition coefficient (Wildman–Crippen LogP) is 5.47. The number of aromatic nitrogens is 2. The average molecular weight is 546 g/mol. The van der Waals surface area contributed by atoms with Gasteiger partial charge in [-0.05, 0) is 48.9 Å². The van der Waals surface area contributed by atoms with E-state index in [-0.39, 0.29) is 28.1 Å². The third kappa shape index (κ3) is 5.90. The fourth-order valence-electron chi connectivity index (χ4n) is 4.79. The predicted molar refractivity (Wildman–Crippen MR) is 139 cm³/mol. The summed E-state index contributed by atoms with van der Waals surface area (Å²) in [6.45, 7) is 1.34. The van der Waals surface area contributed by atoms with Crippen LogP contribution in [0.3, 0.4) is 0 Å². The molecule has 1 aromatic heterocycles. The van der Waals surface area contributed by atoms with Crippen molar-refractivity contribution < 1.29 is 18.0 Å². The Morgan fingerprint density at radius 3 is 2.57 bits per heavy atom. The van der Waals surface area contributed by atoms with E-state index in [0.29, 0.717) is 41.8 Å². The van der Waals surface area contributed by atoms with Crippen molar-refractivity contribution in [3.05, 3.63) is 81.8 Å². The Morgan fingerprint density at radius 1 is 1.08 bits per heavy atom. The zero-order valence-corrected chi connectivity index (χ0v) is 21.7. The fourth-order valence-corrected chi connectivity index (χ4v) is 6.75. The van der Waals surface area contributed by atoms with Gasteiger partial charge in [0.1, 0.15) is 0 Å². The van der Waals surface area contributed by atoms with Gasteiger partial charge in [0.05, 0.1) is 27.6 Å². The van der Waals surface area contributed by atoms with E-state index in [2.05, 4.69) is 17.1 Å². The topological polar surface area (TPSA) is 55.2 Å². The molecule has 5 nitrogen and oxygen atoms in total. The first-order chi connectivity index (χ1) is 17.8. The van der Waals surface area contributed by atoms with Crippen LogP contribution >= 0.6 is 23.5 Å². The number of amides is 1. The molecule has 5 rings (SSSR count). The zero-order valence-electron chi connectivity index (χ0n) is 20.0. The van der Waals surface area contributed by atoms with Crippen LogP contribution in [0.4, 0.5) is 13.2 Å². The third-order valence-electron chi connectivity index (χ3n) is 6.76. The number of hydrogen-bond donors (Lipinski definition) is 0. The molecule has 2 aliphatic rings. The number of fused-ring (bicyclic) bond motifs is 1. The highest BCUT2D eigenvalue weighted by atomic mass is 32.2. The number of carbonyl (C=O) groups excluding carboxylic acids is 1. The first kappa shape index (κ1) is 25.9. The molecular weight excluding hydrogens is 519 g/mol. The number of piperidine rings is 1. The Kier molecular flexibility index (Phi) is 7.67. The van der Waals surface area contributed by atoms with Gasteiger partial charge in [0, 0.05) is 25.3 Å². The van der Waals surface area contributed by atoms with E-state index in [9.17, 15) is 22.8 Å². The maximum atomic E-state index is 13.4. The Hall–Kier alpha value is -2.72. The van der Waals surface area contributed by atoms with Crippen LogP contribution in [0.2, 0.25) is 0 Å². The number of thioether (sulfide) groups is 2. The van der Waals surface area contributed by atoms with Gasteiger partial charge in [-0.3, -0.25) is 14.2 Å². The van der Waals surface area contributed by atoms with E-state index in [4.69, 9.17) is 0 Å². The van der Waals surface area contributed by atoms with Gasteiger partial charge in [0.25, 0.3) is 5.56 Å². The largest absolute Gasteiger partial charge is 0.416 e. The first-order valence-corrected chi connectivity index (χ1v) is 14.2. The Balaban J connectivity index is 1.30. The summed E-state index contributed by atoms with van der Waals surface area (Å²) < 4.78 is 41.3. The van der Waals surface area contributed by atoms with Crippen molar-refractivity contribution in [3.63, 3.8) is 0 Å². The van der Waals surface area contributed by atoms with Crippen LogP contribution in [0.25, 0.3) is 5.69 Å². The van der Waals surface area contributed by atoms with Crippen molar-refractivity contribution in [1.82, 2.24) is 14.5 Å². The number of nitrogens with zero attached hydrogens (tertiary/aromatic N) is 3. The van der Waals surface area contributed by atoms with Crippen molar-refractivity contribution in [2.24, 2.45) is 5.92 Å². The van der Waals surface area contributed by atoms with E-state index in [0.717, 1.165) is 43.2 Å². The van der Waals surface area contributed by atoms with Crippen LogP contribution in [-0.4, -0.2) is 45.0 Å². The molecule has 2 aromatic carbocycles. The molecule has 1 fully saturated rings. The van der Waals surface area contributed by atoms with E-state index >= 15 is 0 Å². The number of likely N-dealkylation sites (tertiary alicyclic amines) is 1. The van der Waals surface area contributed by atoms with Gasteiger partial charge in [-0.15, -0.1) is 11.8 Å². The lowest BCUT2D eigenvalue weighted by Crippen LogP contribution is -2.40. The SMILES string of the molecule is O=C(CSc1nc2c(c(=O)n1-c1cccc(C(F)(F)F)c1)SCC2)N1CCC(Cc2ccccc2)CC1. The number of halogens is 3. The van der Waals surface area contributed by atoms with E-state index in [1.165, 1.54) is 34.0 Å². The Labute approximate surface area is 221 Å². The lowest BCUT2D eigenvalue weighted by Gasteiger charge is -2.32. The molecule has 0 aliphatic carbocycles. The minimum Gasteiger partial charge on any atom is -0.342 e. The summed E-state index contributed by atoms with van der Waals surface area (Å²) in [6, 6.07) is 15.0. The summed E-state index contributed by atoms with van der Waals surface area (Å²) >= 11 is 2.48. The zero-order chi connectivity index (χ0) is 26.0. The van der Waals surface area contributed by atoms with Gasteiger partial charge in [-0.1, -0.05) is 48.2 Å². The van der Waals surface area contributed by atoms with Crippen LogP contribution in [0.1, 0.15) is 29.7 Å². The highest BCUT2D eigenvalue weighted by molar-refractivity contribution is 8.00. The molecule has 0 unspecified atom stereocenters. The van der Waals surface area contributed by atoms with Gasteiger partial charge in [-0.25, -0.2) is 4.98 Å². The first-order valence-electron chi connectivity index (χ1n) is 12.2. The number of alkyl halides is 3. The normalized spacial score (nSPS) is 16.1. The lowest BCUT2D eigenvalue weighted by molar-refractivity contribution is -0.137. The number of aryl methyl sites for hydroxylation is 1. The minimum atomic E-state index is -4.53. The molecule has 10 heteroatoms. The highest BCUT2D eigenvalue weighted by Gasteiger charge is 2.31. The van der Waals surface area contributed by atoms with Crippen molar-refractivity contribution >= 4 is 29.4 Å². The second-order valence-electron chi connectivity index (χ2n) is 9.26. The third-order valence-corrected chi connectivity index (χ3v) is 8.79. The molecule has 0 saturated carbocycles. The Bertz CT molecular complexity index is 1340. The van der Waals surface area contributed by atoms with E-state index in [1.54, 1.807) is 0 Å². The summed E-state index contributed by atoms with van der Waals surface area (Å²) in [4.78, 5) is 33.2. The van der Waals surface area contributed by atoms with Crippen LogP contribution in [0, 0.1) is 5.92 Å². The quantitative estimate of drug-likeness (QED) is 0.304. The lowest BCUT2D eigenvalue weighted by atomic mass is 9.90. The summed E-state index contributed by atoms with van der Waals surface area (Å²) in [7, 11) is 0. The van der Waals surface area contributed by atoms with Gasteiger partial charge in [0.15, 0.2) is 5.16 Å². The molecule has 0 N–H and O–H groups in total. The van der Waals surface area contributed by atoms with E-state index < -0.39 is 11.7 Å². The van der Waals surface area contributed by atoms with Crippen LogP contribution in [0.15, 0.2) is 69.4 Å². The van der Waals surface area contributed by atoms with Gasteiger partial charge < -0.3 is 4.90 Å². The van der Waals surface area contributed by atoms with Crippen LogP contribution in [0.5, 0.6) is 0 Å². The molecule has 37 heavy (non-hydrogen) atoms. The molecule has 3 heterocycles. The second kappa shape index (κ2) is 10.9. The standard InChI is InChI=1S/C27H26F3N3O2S2/c28-27(29,30)20-7-4-8-21(16-20)33-25(35)24-22(11-14-36-24)31-26(33)37-17-23(34)32-12-9-19(10-13-32)15-18-5-2-1-3-6-18/h1-8,16,19H,9-15,17H2. The summed E-state index contributed by atoms with van der Waals surface area (Å²) in [5, 5.41) is 0.248. The molecule has 0 atom stereocenters. The van der Waals surface area contributed by atoms with Crippen molar-refractivity contribution in [2.75, 3.05) is 24.6 Å². The maximum Gasteiger partial charge on any atom is 0.416 e. The number of carbonyl (C=O) groups is 1.